The van der Waals surface area contributed by atoms with Gasteiger partial charge in [-0.3, -0.25) is 4.98 Å². The summed E-state index contributed by atoms with van der Waals surface area (Å²) in [7, 11) is 0. The van der Waals surface area contributed by atoms with Gasteiger partial charge in [-0.1, -0.05) is 22.0 Å². The highest BCUT2D eigenvalue weighted by molar-refractivity contribution is 9.10. The molecule has 0 radical (unpaired) electrons. The van der Waals surface area contributed by atoms with E-state index in [9.17, 15) is 4.39 Å². The molecule has 0 aliphatic heterocycles. The van der Waals surface area contributed by atoms with Crippen LogP contribution in [0.15, 0.2) is 41.1 Å². The van der Waals surface area contributed by atoms with Gasteiger partial charge in [0.05, 0.1) is 12.2 Å². The molecule has 2 rings (SSSR count). The van der Waals surface area contributed by atoms with Crippen LogP contribution in [0.1, 0.15) is 24.1 Å². The lowest BCUT2D eigenvalue weighted by atomic mass is 10.1. The SMILES string of the molecule is Cc1c(Br)cccc1NC(C)c1cncc(F)c1. The Kier molecular flexibility index (Phi) is 3.97. The number of hydrogen-bond donors (Lipinski definition) is 1. The summed E-state index contributed by atoms with van der Waals surface area (Å²) in [6.07, 6.45) is 2.88. The Labute approximate surface area is 114 Å². The number of halogens is 2. The van der Waals surface area contributed by atoms with Crippen LogP contribution in [0, 0.1) is 12.7 Å². The van der Waals surface area contributed by atoms with Gasteiger partial charge in [-0.05, 0) is 43.2 Å². The topological polar surface area (TPSA) is 24.9 Å². The average Bonchev–Trinajstić information content (AvgIpc) is 2.35. The molecule has 1 aromatic carbocycles. The van der Waals surface area contributed by atoms with Crippen molar-refractivity contribution in [1.82, 2.24) is 4.98 Å². The molecule has 0 spiro atoms. The normalized spacial score (nSPS) is 12.2. The number of nitrogens with one attached hydrogen (secondary N) is 1. The fraction of sp³-hybridized carbons (Fsp3) is 0.214. The van der Waals surface area contributed by atoms with Gasteiger partial charge in [0, 0.05) is 16.4 Å². The summed E-state index contributed by atoms with van der Waals surface area (Å²) in [5, 5.41) is 3.36. The van der Waals surface area contributed by atoms with Crippen LogP contribution in [0.4, 0.5) is 10.1 Å². The quantitative estimate of drug-likeness (QED) is 0.905. The van der Waals surface area contributed by atoms with Crippen molar-refractivity contribution in [3.05, 3.63) is 58.1 Å². The van der Waals surface area contributed by atoms with Crippen molar-refractivity contribution >= 4 is 21.6 Å². The number of aromatic nitrogens is 1. The molecule has 1 unspecified atom stereocenters. The van der Waals surface area contributed by atoms with Crippen LogP contribution in [0.5, 0.6) is 0 Å². The van der Waals surface area contributed by atoms with Crippen LogP contribution in [0.3, 0.4) is 0 Å². The Hall–Kier alpha value is -1.42. The highest BCUT2D eigenvalue weighted by atomic mass is 79.9. The van der Waals surface area contributed by atoms with E-state index in [0.717, 1.165) is 21.3 Å². The van der Waals surface area contributed by atoms with Crippen LogP contribution in [0.2, 0.25) is 0 Å². The molecule has 1 heterocycles. The molecular weight excluding hydrogens is 295 g/mol. The van der Waals surface area contributed by atoms with E-state index >= 15 is 0 Å². The largest absolute Gasteiger partial charge is 0.378 e. The fourth-order valence-electron chi connectivity index (χ4n) is 1.75. The van der Waals surface area contributed by atoms with Gasteiger partial charge in [-0.15, -0.1) is 0 Å². The summed E-state index contributed by atoms with van der Waals surface area (Å²) in [5.41, 5.74) is 2.99. The van der Waals surface area contributed by atoms with Crippen molar-refractivity contribution in [2.24, 2.45) is 0 Å². The molecule has 18 heavy (non-hydrogen) atoms. The van der Waals surface area contributed by atoms with E-state index in [2.05, 4.69) is 26.2 Å². The van der Waals surface area contributed by atoms with Crippen LogP contribution in [-0.4, -0.2) is 4.98 Å². The van der Waals surface area contributed by atoms with Crippen molar-refractivity contribution in [2.45, 2.75) is 19.9 Å². The second-order valence-corrected chi connectivity index (χ2v) is 5.07. The molecule has 4 heteroatoms. The molecule has 2 aromatic rings. The lowest BCUT2D eigenvalue weighted by molar-refractivity contribution is 0.616. The second kappa shape index (κ2) is 5.48. The van der Waals surface area contributed by atoms with E-state index in [-0.39, 0.29) is 11.9 Å². The molecule has 0 fully saturated rings. The molecule has 0 saturated heterocycles. The third-order valence-electron chi connectivity index (χ3n) is 2.87. The molecule has 94 valence electrons. The summed E-state index contributed by atoms with van der Waals surface area (Å²) in [5.74, 6) is -0.313. The standard InChI is InChI=1S/C14H14BrFN2/c1-9-13(15)4-3-5-14(9)18-10(2)11-6-12(16)8-17-7-11/h3-8,10,18H,1-2H3. The maximum absolute atomic E-state index is 13.1. The predicted octanol–water partition coefficient (Wildman–Crippen LogP) is 4.46. The number of anilines is 1. The highest BCUT2D eigenvalue weighted by Crippen LogP contribution is 2.27. The Morgan fingerprint density at radius 3 is 2.83 bits per heavy atom. The van der Waals surface area contributed by atoms with Crippen molar-refractivity contribution < 1.29 is 4.39 Å². The first-order chi connectivity index (χ1) is 8.58. The molecule has 0 bridgehead atoms. The van der Waals surface area contributed by atoms with Crippen LogP contribution < -0.4 is 5.32 Å². The molecule has 0 saturated carbocycles. The van der Waals surface area contributed by atoms with E-state index in [0.29, 0.717) is 0 Å². The molecule has 0 amide bonds. The third kappa shape index (κ3) is 2.88. The number of benzene rings is 1. The van der Waals surface area contributed by atoms with E-state index in [1.807, 2.05) is 32.0 Å². The Bertz CT molecular complexity index is 557. The summed E-state index contributed by atoms with van der Waals surface area (Å²) < 4.78 is 14.2. The van der Waals surface area contributed by atoms with Gasteiger partial charge < -0.3 is 5.32 Å². The summed E-state index contributed by atoms with van der Waals surface area (Å²) in [6.45, 7) is 4.01. The first-order valence-corrected chi connectivity index (χ1v) is 6.49. The zero-order chi connectivity index (χ0) is 13.1. The number of rotatable bonds is 3. The monoisotopic (exact) mass is 308 g/mol. The van der Waals surface area contributed by atoms with Gasteiger partial charge in [0.2, 0.25) is 0 Å². The first kappa shape index (κ1) is 13.0. The maximum Gasteiger partial charge on any atom is 0.141 e. The van der Waals surface area contributed by atoms with Crippen molar-refractivity contribution in [2.75, 3.05) is 5.32 Å². The smallest absolute Gasteiger partial charge is 0.141 e. The van der Waals surface area contributed by atoms with E-state index < -0.39 is 0 Å². The summed E-state index contributed by atoms with van der Waals surface area (Å²) >= 11 is 3.49. The van der Waals surface area contributed by atoms with E-state index in [1.165, 1.54) is 12.3 Å². The number of pyridine rings is 1. The van der Waals surface area contributed by atoms with Crippen molar-refractivity contribution in [3.63, 3.8) is 0 Å². The van der Waals surface area contributed by atoms with Gasteiger partial charge in [0.25, 0.3) is 0 Å². The van der Waals surface area contributed by atoms with Gasteiger partial charge in [-0.25, -0.2) is 4.39 Å². The lowest BCUT2D eigenvalue weighted by Crippen LogP contribution is -2.08. The number of nitrogens with zero attached hydrogens (tertiary/aromatic N) is 1. The third-order valence-corrected chi connectivity index (χ3v) is 3.72. The minimum Gasteiger partial charge on any atom is -0.378 e. The molecule has 1 N–H and O–H groups in total. The van der Waals surface area contributed by atoms with E-state index in [1.54, 1.807) is 6.20 Å². The van der Waals surface area contributed by atoms with Crippen LogP contribution in [-0.2, 0) is 0 Å². The minimum absolute atomic E-state index is 0.00111. The summed E-state index contributed by atoms with van der Waals surface area (Å²) in [4.78, 5) is 3.86. The van der Waals surface area contributed by atoms with Crippen LogP contribution in [0.25, 0.3) is 0 Å². The molecule has 1 aromatic heterocycles. The van der Waals surface area contributed by atoms with Crippen molar-refractivity contribution in [3.8, 4) is 0 Å². The minimum atomic E-state index is -0.313. The predicted molar refractivity (Wildman–Crippen MR) is 75.1 cm³/mol. The zero-order valence-electron chi connectivity index (χ0n) is 10.2. The van der Waals surface area contributed by atoms with Gasteiger partial charge in [0.15, 0.2) is 0 Å². The maximum atomic E-state index is 13.1. The number of hydrogen-bond acceptors (Lipinski definition) is 2. The Balaban J connectivity index is 2.21. The first-order valence-electron chi connectivity index (χ1n) is 5.70. The van der Waals surface area contributed by atoms with E-state index in [4.69, 9.17) is 0 Å². The fourth-order valence-corrected chi connectivity index (χ4v) is 2.11. The molecular formula is C14H14BrFN2. The Morgan fingerprint density at radius 1 is 1.33 bits per heavy atom. The average molecular weight is 309 g/mol. The highest BCUT2D eigenvalue weighted by Gasteiger charge is 2.09. The second-order valence-electron chi connectivity index (χ2n) is 4.21. The Morgan fingerprint density at radius 2 is 2.11 bits per heavy atom. The van der Waals surface area contributed by atoms with Crippen LogP contribution >= 0.6 is 15.9 Å². The zero-order valence-corrected chi connectivity index (χ0v) is 11.8. The van der Waals surface area contributed by atoms with Crippen molar-refractivity contribution in [1.29, 1.82) is 0 Å². The summed E-state index contributed by atoms with van der Waals surface area (Å²) in [6, 6.07) is 7.47. The molecule has 0 aliphatic rings. The molecule has 1 atom stereocenters. The van der Waals surface area contributed by atoms with Gasteiger partial charge >= 0.3 is 0 Å². The van der Waals surface area contributed by atoms with Gasteiger partial charge in [-0.2, -0.15) is 0 Å². The lowest BCUT2D eigenvalue weighted by Gasteiger charge is -2.17. The molecule has 2 nitrogen and oxygen atoms in total. The van der Waals surface area contributed by atoms with Gasteiger partial charge in [0.1, 0.15) is 5.82 Å². The molecule has 0 aliphatic carbocycles.